The molecule has 0 aliphatic carbocycles. The summed E-state index contributed by atoms with van der Waals surface area (Å²) in [7, 11) is 1.76. The molecule has 2 aromatic heterocycles. The molecule has 2 N–H and O–H groups in total. The fourth-order valence-electron chi connectivity index (χ4n) is 2.76. The van der Waals surface area contributed by atoms with Crippen LogP contribution >= 0.6 is 24.0 Å². The third-order valence-corrected chi connectivity index (χ3v) is 4.07. The van der Waals surface area contributed by atoms with Crippen LogP contribution in [0, 0.1) is 0 Å². The van der Waals surface area contributed by atoms with Crippen LogP contribution in [0.3, 0.4) is 0 Å². The third kappa shape index (κ3) is 7.01. The zero-order chi connectivity index (χ0) is 20.7. The zero-order valence-electron chi connectivity index (χ0n) is 17.8. The smallest absolute Gasteiger partial charge is 0.191 e. The lowest BCUT2D eigenvalue weighted by Crippen LogP contribution is -2.36. The number of para-hydroxylation sites is 1. The monoisotopic (exact) mass is 520 g/mol. The van der Waals surface area contributed by atoms with Gasteiger partial charge >= 0.3 is 0 Å². The van der Waals surface area contributed by atoms with Crippen LogP contribution < -0.4 is 15.4 Å². The Balaban J connectivity index is 0.00000320. The number of nitrogens with one attached hydrogen (secondary N) is 2. The van der Waals surface area contributed by atoms with E-state index in [2.05, 4.69) is 31.8 Å². The predicted octanol–water partition coefficient (Wildman–Crippen LogP) is 3.93. The standard InChI is InChI=1S/C22H28N6O.HI/c1-22(2,3)29-19-9-6-5-8-18(19)16-26-21(23-4)25-15-17-10-12-24-20(14-17)28-13-7-11-27-28;/h5-14H,15-16H2,1-4H3,(H2,23,25,26);1H. The summed E-state index contributed by atoms with van der Waals surface area (Å²) in [6.45, 7) is 7.37. The topological polar surface area (TPSA) is 76.4 Å². The first kappa shape index (κ1) is 23.7. The molecule has 0 atom stereocenters. The second-order valence-corrected chi connectivity index (χ2v) is 7.57. The van der Waals surface area contributed by atoms with Gasteiger partial charge in [0.1, 0.15) is 11.4 Å². The summed E-state index contributed by atoms with van der Waals surface area (Å²) in [5, 5.41) is 10.9. The van der Waals surface area contributed by atoms with Crippen LogP contribution in [0.1, 0.15) is 31.9 Å². The molecule has 160 valence electrons. The summed E-state index contributed by atoms with van der Waals surface area (Å²) in [5.41, 5.74) is 1.92. The van der Waals surface area contributed by atoms with Gasteiger partial charge in [-0.2, -0.15) is 5.10 Å². The summed E-state index contributed by atoms with van der Waals surface area (Å²) < 4.78 is 7.80. The van der Waals surface area contributed by atoms with Gasteiger partial charge in [0.05, 0.1) is 0 Å². The first-order valence-electron chi connectivity index (χ1n) is 9.61. The van der Waals surface area contributed by atoms with Gasteiger partial charge in [-0.15, -0.1) is 24.0 Å². The van der Waals surface area contributed by atoms with Crippen molar-refractivity contribution in [1.82, 2.24) is 25.4 Å². The summed E-state index contributed by atoms with van der Waals surface area (Å²) in [6, 6.07) is 13.9. The van der Waals surface area contributed by atoms with Crippen molar-refractivity contribution in [3.8, 4) is 11.6 Å². The number of benzene rings is 1. The van der Waals surface area contributed by atoms with Gasteiger partial charge in [-0.05, 0) is 50.6 Å². The fourth-order valence-corrected chi connectivity index (χ4v) is 2.76. The number of aliphatic imine (C=N–C) groups is 1. The Hall–Kier alpha value is -2.62. The van der Waals surface area contributed by atoms with Crippen molar-refractivity contribution in [2.75, 3.05) is 7.05 Å². The normalized spacial score (nSPS) is 11.5. The number of rotatable bonds is 6. The molecule has 0 saturated heterocycles. The molecule has 0 amide bonds. The van der Waals surface area contributed by atoms with Gasteiger partial charge in [-0.1, -0.05) is 18.2 Å². The molecule has 2 heterocycles. The lowest BCUT2D eigenvalue weighted by atomic mass is 10.1. The lowest BCUT2D eigenvalue weighted by molar-refractivity contribution is 0.129. The van der Waals surface area contributed by atoms with Crippen molar-refractivity contribution in [2.45, 2.75) is 39.5 Å². The molecule has 0 spiro atoms. The number of aromatic nitrogens is 3. The molecular weight excluding hydrogens is 491 g/mol. The Labute approximate surface area is 195 Å². The molecular formula is C22H29IN6O. The highest BCUT2D eigenvalue weighted by molar-refractivity contribution is 14.0. The predicted molar refractivity (Wildman–Crippen MR) is 131 cm³/mol. The highest BCUT2D eigenvalue weighted by Crippen LogP contribution is 2.22. The van der Waals surface area contributed by atoms with E-state index in [1.807, 2.05) is 63.4 Å². The maximum atomic E-state index is 6.06. The average Bonchev–Trinajstić information content (AvgIpc) is 3.23. The number of pyridine rings is 1. The van der Waals surface area contributed by atoms with Gasteiger partial charge < -0.3 is 15.4 Å². The average molecular weight is 520 g/mol. The molecule has 0 aliphatic heterocycles. The van der Waals surface area contributed by atoms with Gasteiger partial charge in [0.2, 0.25) is 0 Å². The van der Waals surface area contributed by atoms with Crippen molar-refractivity contribution in [3.05, 3.63) is 72.2 Å². The summed E-state index contributed by atoms with van der Waals surface area (Å²) >= 11 is 0. The molecule has 8 heteroatoms. The third-order valence-electron chi connectivity index (χ3n) is 4.07. The summed E-state index contributed by atoms with van der Waals surface area (Å²) in [4.78, 5) is 8.67. The fraction of sp³-hybridized carbons (Fsp3) is 0.318. The van der Waals surface area contributed by atoms with Crippen LogP contribution in [0.2, 0.25) is 0 Å². The number of hydrogen-bond donors (Lipinski definition) is 2. The molecule has 30 heavy (non-hydrogen) atoms. The van der Waals surface area contributed by atoms with E-state index in [-0.39, 0.29) is 29.6 Å². The van der Waals surface area contributed by atoms with Crippen molar-refractivity contribution in [2.24, 2.45) is 4.99 Å². The van der Waals surface area contributed by atoms with Crippen LogP contribution in [0.5, 0.6) is 5.75 Å². The molecule has 7 nitrogen and oxygen atoms in total. The van der Waals surface area contributed by atoms with Gasteiger partial charge in [0.25, 0.3) is 0 Å². The number of hydrogen-bond acceptors (Lipinski definition) is 4. The van der Waals surface area contributed by atoms with E-state index in [1.165, 1.54) is 0 Å². The maximum absolute atomic E-state index is 6.06. The van der Waals surface area contributed by atoms with Gasteiger partial charge in [0, 0.05) is 44.3 Å². The van der Waals surface area contributed by atoms with Crippen LogP contribution in [-0.4, -0.2) is 33.4 Å². The molecule has 0 bridgehead atoms. The zero-order valence-corrected chi connectivity index (χ0v) is 20.1. The van der Waals surface area contributed by atoms with Gasteiger partial charge in [-0.25, -0.2) is 9.67 Å². The van der Waals surface area contributed by atoms with E-state index < -0.39 is 0 Å². The minimum absolute atomic E-state index is 0. The largest absolute Gasteiger partial charge is 0.488 e. The Morgan fingerprint density at radius 1 is 1.07 bits per heavy atom. The van der Waals surface area contributed by atoms with E-state index in [1.54, 1.807) is 24.1 Å². The minimum Gasteiger partial charge on any atom is -0.488 e. The van der Waals surface area contributed by atoms with Crippen LogP contribution in [-0.2, 0) is 13.1 Å². The Bertz CT molecular complexity index is 950. The molecule has 0 fully saturated rings. The van der Waals surface area contributed by atoms with E-state index in [9.17, 15) is 0 Å². The molecule has 1 aromatic carbocycles. The number of ether oxygens (including phenoxy) is 1. The molecule has 3 aromatic rings. The second kappa shape index (κ2) is 11.0. The molecule has 3 rings (SSSR count). The Morgan fingerprint density at radius 3 is 2.53 bits per heavy atom. The Morgan fingerprint density at radius 2 is 1.83 bits per heavy atom. The first-order chi connectivity index (χ1) is 13.9. The highest BCUT2D eigenvalue weighted by atomic mass is 127. The number of nitrogens with zero attached hydrogens (tertiary/aromatic N) is 4. The summed E-state index contributed by atoms with van der Waals surface area (Å²) in [6.07, 6.45) is 5.39. The van der Waals surface area contributed by atoms with E-state index in [0.717, 1.165) is 22.7 Å². The lowest BCUT2D eigenvalue weighted by Gasteiger charge is -2.23. The Kier molecular flexibility index (Phi) is 8.64. The maximum Gasteiger partial charge on any atom is 0.191 e. The first-order valence-corrected chi connectivity index (χ1v) is 9.61. The van der Waals surface area contributed by atoms with Crippen LogP contribution in [0.15, 0.2) is 66.0 Å². The minimum atomic E-state index is -0.246. The van der Waals surface area contributed by atoms with Crippen molar-refractivity contribution in [1.29, 1.82) is 0 Å². The van der Waals surface area contributed by atoms with Crippen molar-refractivity contribution in [3.63, 3.8) is 0 Å². The van der Waals surface area contributed by atoms with E-state index in [0.29, 0.717) is 19.0 Å². The van der Waals surface area contributed by atoms with Crippen molar-refractivity contribution < 1.29 is 4.74 Å². The molecule has 0 unspecified atom stereocenters. The number of halogens is 1. The van der Waals surface area contributed by atoms with E-state index >= 15 is 0 Å². The van der Waals surface area contributed by atoms with Gasteiger partial charge in [-0.3, -0.25) is 4.99 Å². The molecule has 0 saturated carbocycles. The summed E-state index contributed by atoms with van der Waals surface area (Å²) in [5.74, 6) is 2.37. The quantitative estimate of drug-likeness (QED) is 0.293. The second-order valence-electron chi connectivity index (χ2n) is 7.57. The van der Waals surface area contributed by atoms with Crippen molar-refractivity contribution >= 4 is 29.9 Å². The van der Waals surface area contributed by atoms with Crippen LogP contribution in [0.4, 0.5) is 0 Å². The van der Waals surface area contributed by atoms with E-state index in [4.69, 9.17) is 4.74 Å². The van der Waals surface area contributed by atoms with Crippen LogP contribution in [0.25, 0.3) is 5.82 Å². The molecule has 0 radical (unpaired) electrons. The van der Waals surface area contributed by atoms with Gasteiger partial charge in [0.15, 0.2) is 11.8 Å². The highest BCUT2D eigenvalue weighted by Gasteiger charge is 2.14. The molecule has 0 aliphatic rings. The number of guanidine groups is 1. The SMILES string of the molecule is CN=C(NCc1ccnc(-n2cccn2)c1)NCc1ccccc1OC(C)(C)C.I.